The molecule has 0 aliphatic rings. The van der Waals surface area contributed by atoms with E-state index in [4.69, 9.17) is 16.3 Å². The van der Waals surface area contributed by atoms with Crippen molar-refractivity contribution in [1.82, 2.24) is 10.9 Å². The van der Waals surface area contributed by atoms with E-state index in [1.54, 1.807) is 6.07 Å². The van der Waals surface area contributed by atoms with E-state index in [1.807, 2.05) is 54.6 Å². The lowest BCUT2D eigenvalue weighted by Crippen LogP contribution is -2.51. The normalized spacial score (nSPS) is 11.1. The number of halogens is 1. The summed E-state index contributed by atoms with van der Waals surface area (Å²) >= 11 is 6.15. The van der Waals surface area contributed by atoms with E-state index in [9.17, 15) is 5.11 Å². The fourth-order valence-corrected chi connectivity index (χ4v) is 4.00. The van der Waals surface area contributed by atoms with Gasteiger partial charge < -0.3 is 15.3 Å². The van der Waals surface area contributed by atoms with Crippen LogP contribution in [0.1, 0.15) is 16.7 Å². The summed E-state index contributed by atoms with van der Waals surface area (Å²) in [5.74, 6) is 0.558. The molecule has 0 aliphatic heterocycles. The highest BCUT2D eigenvalue weighted by molar-refractivity contribution is 6.32. The highest BCUT2D eigenvalue weighted by atomic mass is 35.5. The van der Waals surface area contributed by atoms with E-state index in [0.29, 0.717) is 16.5 Å². The van der Waals surface area contributed by atoms with Crippen molar-refractivity contribution in [2.24, 2.45) is 0 Å². The first-order chi connectivity index (χ1) is 16.1. The highest BCUT2D eigenvalue weighted by Gasteiger charge is 2.36. The van der Waals surface area contributed by atoms with E-state index in [1.165, 1.54) is 12.1 Å². The molecule has 4 rings (SSSR count). The summed E-state index contributed by atoms with van der Waals surface area (Å²) in [6.07, 6.45) is 0. The van der Waals surface area contributed by atoms with Crippen LogP contribution in [0.5, 0.6) is 11.5 Å². The SMILES string of the molecule is C=C(COc1ccc(O)cc1Cl)NNC(c1ccccc1)(c1ccccc1)c1ccccc1. The minimum atomic E-state index is -0.678. The average molecular weight is 457 g/mol. The molecule has 0 fully saturated rings. The van der Waals surface area contributed by atoms with Crippen LogP contribution in [0.4, 0.5) is 0 Å². The Balaban J connectivity index is 1.63. The second-order valence-electron chi connectivity index (χ2n) is 7.61. The van der Waals surface area contributed by atoms with Crippen molar-refractivity contribution in [2.75, 3.05) is 6.61 Å². The lowest BCUT2D eigenvalue weighted by Gasteiger charge is -2.37. The largest absolute Gasteiger partial charge is 0.508 e. The first kappa shape index (κ1) is 22.5. The van der Waals surface area contributed by atoms with Gasteiger partial charge in [0.2, 0.25) is 0 Å². The molecule has 3 N–H and O–H groups in total. The minimum Gasteiger partial charge on any atom is -0.508 e. The van der Waals surface area contributed by atoms with Crippen LogP contribution in [0.2, 0.25) is 5.02 Å². The molecule has 5 heteroatoms. The zero-order chi connectivity index (χ0) is 23.1. The molecule has 166 valence electrons. The molecule has 0 heterocycles. The van der Waals surface area contributed by atoms with Crippen molar-refractivity contribution in [1.29, 1.82) is 0 Å². The molecule has 0 spiro atoms. The second-order valence-corrected chi connectivity index (χ2v) is 8.01. The second kappa shape index (κ2) is 10.3. The summed E-state index contributed by atoms with van der Waals surface area (Å²) < 4.78 is 5.79. The molecule has 0 unspecified atom stereocenters. The van der Waals surface area contributed by atoms with Gasteiger partial charge in [0.25, 0.3) is 0 Å². The van der Waals surface area contributed by atoms with Gasteiger partial charge in [0.1, 0.15) is 23.6 Å². The standard InChI is InChI=1S/C28H25ClN2O2/c1-21(20-33-27-18-17-25(32)19-26(27)29)30-31-28(22-11-5-2-6-12-22,23-13-7-3-8-14-23)24-15-9-4-10-16-24/h2-19,30-32H,1,20H2. The lowest BCUT2D eigenvalue weighted by molar-refractivity contribution is 0.323. The van der Waals surface area contributed by atoms with Gasteiger partial charge in [-0.3, -0.25) is 0 Å². The Kier molecular flexibility index (Phi) is 6.98. The molecule has 0 bridgehead atoms. The third kappa shape index (κ3) is 5.03. The Hall–Kier alpha value is -3.73. The third-order valence-electron chi connectivity index (χ3n) is 5.36. The smallest absolute Gasteiger partial charge is 0.138 e. The average Bonchev–Trinajstić information content (AvgIpc) is 2.86. The Labute approximate surface area is 199 Å². The molecular weight excluding hydrogens is 432 g/mol. The molecule has 4 aromatic rings. The first-order valence-corrected chi connectivity index (χ1v) is 11.0. The van der Waals surface area contributed by atoms with Crippen molar-refractivity contribution in [3.8, 4) is 11.5 Å². The molecule has 4 aromatic carbocycles. The number of benzene rings is 4. The molecule has 33 heavy (non-hydrogen) atoms. The molecule has 0 saturated carbocycles. The molecule has 0 atom stereocenters. The van der Waals surface area contributed by atoms with Crippen molar-refractivity contribution in [3.05, 3.63) is 143 Å². The van der Waals surface area contributed by atoms with E-state index in [2.05, 4.69) is 53.8 Å². The Morgan fingerprint density at radius 3 is 1.73 bits per heavy atom. The predicted molar refractivity (Wildman–Crippen MR) is 133 cm³/mol. The quantitative estimate of drug-likeness (QED) is 0.213. The van der Waals surface area contributed by atoms with Gasteiger partial charge in [-0.1, -0.05) is 109 Å². The number of aromatic hydroxyl groups is 1. The maximum Gasteiger partial charge on any atom is 0.138 e. The Bertz CT molecular complexity index is 1100. The fourth-order valence-electron chi connectivity index (χ4n) is 3.77. The number of phenolic OH excluding ortho intramolecular Hbond substituents is 1. The lowest BCUT2D eigenvalue weighted by atomic mass is 9.77. The number of ether oxygens (including phenoxy) is 1. The van der Waals surface area contributed by atoms with Crippen molar-refractivity contribution >= 4 is 11.6 Å². The number of hydrogen-bond acceptors (Lipinski definition) is 4. The first-order valence-electron chi connectivity index (χ1n) is 10.6. The van der Waals surface area contributed by atoms with Gasteiger partial charge in [-0.25, -0.2) is 5.43 Å². The monoisotopic (exact) mass is 456 g/mol. The van der Waals surface area contributed by atoms with Gasteiger partial charge in [-0.15, -0.1) is 0 Å². The summed E-state index contributed by atoms with van der Waals surface area (Å²) in [4.78, 5) is 0. The van der Waals surface area contributed by atoms with Crippen molar-refractivity contribution < 1.29 is 9.84 Å². The Morgan fingerprint density at radius 1 is 0.788 bits per heavy atom. The molecular formula is C28H25ClN2O2. The summed E-state index contributed by atoms with van der Waals surface area (Å²) in [7, 11) is 0. The molecule has 0 saturated heterocycles. The number of nitrogens with one attached hydrogen (secondary N) is 2. The summed E-state index contributed by atoms with van der Waals surface area (Å²) in [6.45, 7) is 4.30. The number of phenols is 1. The van der Waals surface area contributed by atoms with E-state index < -0.39 is 5.54 Å². The number of rotatable bonds is 9. The van der Waals surface area contributed by atoms with Gasteiger partial charge in [0.05, 0.1) is 10.7 Å². The van der Waals surface area contributed by atoms with Gasteiger partial charge in [-0.2, -0.15) is 0 Å². The van der Waals surface area contributed by atoms with Gasteiger partial charge in [-0.05, 0) is 28.8 Å². The predicted octanol–water partition coefficient (Wildman–Crippen LogP) is 6.02. The van der Waals surface area contributed by atoms with Gasteiger partial charge >= 0.3 is 0 Å². The van der Waals surface area contributed by atoms with Crippen LogP contribution in [0, 0.1) is 0 Å². The summed E-state index contributed by atoms with van der Waals surface area (Å²) in [5.41, 5.74) is 9.96. The molecule has 0 aliphatic carbocycles. The van der Waals surface area contributed by atoms with E-state index in [0.717, 1.165) is 16.7 Å². The van der Waals surface area contributed by atoms with E-state index >= 15 is 0 Å². The maximum atomic E-state index is 9.53. The molecule has 0 radical (unpaired) electrons. The van der Waals surface area contributed by atoms with Crippen molar-refractivity contribution in [2.45, 2.75) is 5.54 Å². The third-order valence-corrected chi connectivity index (χ3v) is 5.66. The number of hydrogen-bond donors (Lipinski definition) is 3. The maximum absolute atomic E-state index is 9.53. The van der Waals surface area contributed by atoms with Crippen LogP contribution in [-0.2, 0) is 5.54 Å². The van der Waals surface area contributed by atoms with Gasteiger partial charge in [0, 0.05) is 6.07 Å². The highest BCUT2D eigenvalue weighted by Crippen LogP contribution is 2.36. The number of hydrazine groups is 1. The topological polar surface area (TPSA) is 53.5 Å². The zero-order valence-corrected chi connectivity index (χ0v) is 18.8. The van der Waals surface area contributed by atoms with Crippen LogP contribution in [0.3, 0.4) is 0 Å². The molecule has 0 amide bonds. The van der Waals surface area contributed by atoms with Crippen molar-refractivity contribution in [3.63, 3.8) is 0 Å². The van der Waals surface area contributed by atoms with Crippen LogP contribution < -0.4 is 15.6 Å². The summed E-state index contributed by atoms with van der Waals surface area (Å²) in [6, 6.07) is 35.4. The van der Waals surface area contributed by atoms with E-state index in [-0.39, 0.29) is 12.4 Å². The fraction of sp³-hybridized carbons (Fsp3) is 0.0714. The summed E-state index contributed by atoms with van der Waals surface area (Å²) in [5, 5.41) is 9.87. The molecule has 0 aromatic heterocycles. The Morgan fingerprint density at radius 2 is 1.27 bits per heavy atom. The van der Waals surface area contributed by atoms with Crippen LogP contribution in [-0.4, -0.2) is 11.7 Å². The molecule has 4 nitrogen and oxygen atoms in total. The van der Waals surface area contributed by atoms with Crippen LogP contribution >= 0.6 is 11.6 Å². The zero-order valence-electron chi connectivity index (χ0n) is 18.0. The minimum absolute atomic E-state index is 0.0873. The van der Waals surface area contributed by atoms with Crippen LogP contribution in [0.15, 0.2) is 121 Å². The van der Waals surface area contributed by atoms with Crippen LogP contribution in [0.25, 0.3) is 0 Å². The van der Waals surface area contributed by atoms with Gasteiger partial charge in [0.15, 0.2) is 0 Å².